The van der Waals surface area contributed by atoms with E-state index in [0.717, 1.165) is 6.07 Å². The second kappa shape index (κ2) is 7.13. The van der Waals surface area contributed by atoms with Crippen molar-refractivity contribution in [2.75, 3.05) is 0 Å². The van der Waals surface area contributed by atoms with Gasteiger partial charge in [0, 0.05) is 11.8 Å². The van der Waals surface area contributed by atoms with Crippen LogP contribution < -0.4 is 16.0 Å². The molecule has 3 heterocycles. The topological polar surface area (TPSA) is 89.0 Å². The number of nitrogens with zero attached hydrogens (tertiary/aromatic N) is 2. The molecule has 0 aliphatic carbocycles. The number of nitrogens with one attached hydrogen (secondary N) is 3. The molecule has 4 N–H and O–H groups in total. The van der Waals surface area contributed by atoms with Gasteiger partial charge in [0.15, 0.2) is 0 Å². The Morgan fingerprint density at radius 2 is 2.03 bits per heavy atom. The number of hydrogen-bond acceptors (Lipinski definition) is 6. The number of carbonyl (C=O) groups excluding carboxylic acids is 1. The Kier molecular flexibility index (Phi) is 4.63. The molecule has 2 atom stereocenters. The molecule has 2 unspecified atom stereocenters. The Balaban J connectivity index is 1.58. The van der Waals surface area contributed by atoms with E-state index in [1.807, 2.05) is 0 Å². The maximum Gasteiger partial charge on any atom is 0.417 e. The van der Waals surface area contributed by atoms with Crippen LogP contribution in [0.15, 0.2) is 77.5 Å². The maximum absolute atomic E-state index is 13.3. The number of fused-ring (bicyclic) bond motifs is 1. The van der Waals surface area contributed by atoms with Crippen LogP contribution in [0.3, 0.4) is 0 Å². The summed E-state index contributed by atoms with van der Waals surface area (Å²) in [6.07, 6.45) is 3.21. The predicted octanol–water partition coefficient (Wildman–Crippen LogP) is 1.49. The summed E-state index contributed by atoms with van der Waals surface area (Å²) >= 11 is 0. The number of rotatable bonds is 3. The Hall–Kier alpha value is -3.53. The SMILES string of the molecule is O=C(NC1=CNC2C=CC(c3ccccc3C(F)(F)F)=NN12)C1=CC=CC(O)N1. The number of hydrazone groups is 1. The summed E-state index contributed by atoms with van der Waals surface area (Å²) in [7, 11) is 0. The number of aliphatic hydroxyl groups excluding tert-OH is 1. The van der Waals surface area contributed by atoms with Gasteiger partial charge in [0.25, 0.3) is 5.91 Å². The van der Waals surface area contributed by atoms with Gasteiger partial charge in [-0.3, -0.25) is 4.79 Å². The average molecular weight is 403 g/mol. The van der Waals surface area contributed by atoms with Gasteiger partial charge in [-0.15, -0.1) is 0 Å². The van der Waals surface area contributed by atoms with Crippen molar-refractivity contribution in [1.82, 2.24) is 21.0 Å². The maximum atomic E-state index is 13.3. The molecule has 0 fully saturated rings. The first kappa shape index (κ1) is 18.8. The zero-order chi connectivity index (χ0) is 20.6. The standard InChI is InChI=1S/C19H16F3N5O2/c20-19(21,22)12-5-2-1-4-11(12)13-8-9-15-23-10-16(27(15)26-13)25-18(29)14-6-3-7-17(28)24-14/h1-10,15,17,23-24,28H,(H,25,29). The Labute approximate surface area is 163 Å². The van der Waals surface area contributed by atoms with E-state index in [1.54, 1.807) is 6.08 Å². The molecular weight excluding hydrogens is 387 g/mol. The van der Waals surface area contributed by atoms with Crippen LogP contribution in [0.5, 0.6) is 0 Å². The summed E-state index contributed by atoms with van der Waals surface area (Å²) in [6, 6.07) is 5.17. The number of benzene rings is 1. The third-order valence-corrected chi connectivity index (χ3v) is 4.41. The number of carbonyl (C=O) groups is 1. The van der Waals surface area contributed by atoms with Crippen LogP contribution in [0.1, 0.15) is 11.1 Å². The Morgan fingerprint density at radius 3 is 2.79 bits per heavy atom. The highest BCUT2D eigenvalue weighted by Crippen LogP contribution is 2.33. The summed E-state index contributed by atoms with van der Waals surface area (Å²) in [6.45, 7) is 0. The van der Waals surface area contributed by atoms with E-state index in [-0.39, 0.29) is 22.8 Å². The molecule has 7 nitrogen and oxygen atoms in total. The van der Waals surface area contributed by atoms with Crippen LogP contribution in [0.2, 0.25) is 0 Å². The van der Waals surface area contributed by atoms with Gasteiger partial charge in [0.05, 0.1) is 11.3 Å². The third kappa shape index (κ3) is 3.74. The minimum absolute atomic E-state index is 0.0582. The number of dihydropyridines is 1. The molecule has 1 amide bonds. The fraction of sp³-hybridized carbons (Fsp3) is 0.158. The van der Waals surface area contributed by atoms with E-state index in [2.05, 4.69) is 21.1 Å². The van der Waals surface area contributed by atoms with Crippen LogP contribution in [0.4, 0.5) is 13.2 Å². The molecule has 0 radical (unpaired) electrons. The minimum Gasteiger partial charge on any atom is -0.370 e. The molecule has 150 valence electrons. The summed E-state index contributed by atoms with van der Waals surface area (Å²) in [4.78, 5) is 12.4. The van der Waals surface area contributed by atoms with Crippen molar-refractivity contribution in [3.05, 3.63) is 83.5 Å². The van der Waals surface area contributed by atoms with Crippen molar-refractivity contribution in [2.45, 2.75) is 18.6 Å². The van der Waals surface area contributed by atoms with Gasteiger partial charge in [-0.1, -0.05) is 24.3 Å². The van der Waals surface area contributed by atoms with Gasteiger partial charge in [0.2, 0.25) is 0 Å². The second-order valence-electron chi connectivity index (χ2n) is 6.38. The number of aliphatic hydroxyl groups is 1. The van der Waals surface area contributed by atoms with E-state index in [4.69, 9.17) is 0 Å². The lowest BCUT2D eigenvalue weighted by molar-refractivity contribution is -0.137. The van der Waals surface area contributed by atoms with Crippen LogP contribution in [-0.2, 0) is 11.0 Å². The van der Waals surface area contributed by atoms with Crippen molar-refractivity contribution in [3.8, 4) is 0 Å². The summed E-state index contributed by atoms with van der Waals surface area (Å²) in [5.74, 6) is -0.262. The number of amides is 1. The van der Waals surface area contributed by atoms with Crippen molar-refractivity contribution in [2.24, 2.45) is 5.10 Å². The molecule has 3 aliphatic heterocycles. The molecular formula is C19H16F3N5O2. The first-order chi connectivity index (χ1) is 13.8. The van der Waals surface area contributed by atoms with Crippen molar-refractivity contribution in [3.63, 3.8) is 0 Å². The van der Waals surface area contributed by atoms with Gasteiger partial charge >= 0.3 is 6.18 Å². The van der Waals surface area contributed by atoms with Crippen LogP contribution in [0.25, 0.3) is 0 Å². The lowest BCUT2D eigenvalue weighted by Crippen LogP contribution is -2.42. The molecule has 0 spiro atoms. The van der Waals surface area contributed by atoms with Crippen LogP contribution in [0, 0.1) is 0 Å². The fourth-order valence-corrected chi connectivity index (χ4v) is 3.06. The van der Waals surface area contributed by atoms with Crippen LogP contribution >= 0.6 is 0 Å². The number of alkyl halides is 3. The predicted molar refractivity (Wildman–Crippen MR) is 98.5 cm³/mol. The average Bonchev–Trinajstić information content (AvgIpc) is 3.09. The van der Waals surface area contributed by atoms with Crippen molar-refractivity contribution >= 4 is 11.6 Å². The van der Waals surface area contributed by atoms with Gasteiger partial charge in [-0.25, -0.2) is 5.01 Å². The zero-order valence-electron chi connectivity index (χ0n) is 14.8. The normalized spacial score (nSPS) is 22.8. The second-order valence-corrected chi connectivity index (χ2v) is 6.38. The van der Waals surface area contributed by atoms with E-state index in [9.17, 15) is 23.1 Å². The highest BCUT2D eigenvalue weighted by atomic mass is 19.4. The first-order valence-electron chi connectivity index (χ1n) is 8.66. The van der Waals surface area contributed by atoms with Gasteiger partial charge in [0.1, 0.15) is 23.9 Å². The summed E-state index contributed by atoms with van der Waals surface area (Å²) < 4.78 is 40.0. The monoisotopic (exact) mass is 403 g/mol. The molecule has 4 rings (SSSR count). The molecule has 0 aromatic heterocycles. The summed E-state index contributed by atoms with van der Waals surface area (Å²) in [5.41, 5.74) is -0.590. The molecule has 10 heteroatoms. The van der Waals surface area contributed by atoms with Crippen molar-refractivity contribution in [1.29, 1.82) is 0 Å². The molecule has 0 bridgehead atoms. The highest BCUT2D eigenvalue weighted by Gasteiger charge is 2.35. The Morgan fingerprint density at radius 1 is 1.24 bits per heavy atom. The third-order valence-electron chi connectivity index (χ3n) is 4.41. The number of hydrogen-bond donors (Lipinski definition) is 4. The lowest BCUT2D eigenvalue weighted by atomic mass is 10.0. The molecule has 1 aromatic carbocycles. The quantitative estimate of drug-likeness (QED) is 0.614. The molecule has 3 aliphatic rings. The van der Waals surface area contributed by atoms with Crippen LogP contribution in [-0.4, -0.2) is 34.1 Å². The largest absolute Gasteiger partial charge is 0.417 e. The minimum atomic E-state index is -4.52. The number of halogens is 3. The van der Waals surface area contributed by atoms with Crippen molar-refractivity contribution < 1.29 is 23.1 Å². The Bertz CT molecular complexity index is 994. The molecule has 29 heavy (non-hydrogen) atoms. The molecule has 0 saturated carbocycles. The summed E-state index contributed by atoms with van der Waals surface area (Å²) in [5, 5.41) is 23.4. The molecule has 1 aromatic rings. The number of allylic oxidation sites excluding steroid dienone is 3. The van der Waals surface area contributed by atoms with E-state index >= 15 is 0 Å². The molecule has 0 saturated heterocycles. The fourth-order valence-electron chi connectivity index (χ4n) is 3.06. The van der Waals surface area contributed by atoms with E-state index in [0.29, 0.717) is 0 Å². The smallest absolute Gasteiger partial charge is 0.370 e. The highest BCUT2D eigenvalue weighted by molar-refractivity contribution is 6.10. The van der Waals surface area contributed by atoms with Gasteiger partial charge in [-0.2, -0.15) is 18.3 Å². The van der Waals surface area contributed by atoms with E-state index < -0.39 is 30.0 Å². The van der Waals surface area contributed by atoms with Gasteiger partial charge in [-0.05, 0) is 30.4 Å². The first-order valence-corrected chi connectivity index (χ1v) is 8.66. The lowest BCUT2D eigenvalue weighted by Gasteiger charge is -2.27. The van der Waals surface area contributed by atoms with E-state index in [1.165, 1.54) is 53.7 Å². The zero-order valence-corrected chi connectivity index (χ0v) is 14.8. The van der Waals surface area contributed by atoms with Gasteiger partial charge < -0.3 is 21.1 Å².